The van der Waals surface area contributed by atoms with E-state index in [1.54, 1.807) is 24.8 Å². The van der Waals surface area contributed by atoms with Gasteiger partial charge in [-0.3, -0.25) is 9.97 Å². The van der Waals surface area contributed by atoms with E-state index in [2.05, 4.69) is 266 Å². The predicted octanol–water partition coefficient (Wildman–Crippen LogP) is 21.9. The summed E-state index contributed by atoms with van der Waals surface area (Å²) >= 11 is 3.81. The molecule has 0 aliphatic heterocycles. The van der Waals surface area contributed by atoms with E-state index in [0.29, 0.717) is 34.9 Å². The number of nitrogens with zero attached hydrogens (tertiary/aromatic N) is 8. The largest absolute Gasteiger partial charge is 0.265 e. The molecule has 0 bridgehead atoms. The van der Waals surface area contributed by atoms with Crippen molar-refractivity contribution in [1.82, 2.24) is 39.9 Å². The SMILES string of the molecule is CC1(C)c2ccccc2-c2ccc(-c3nc(-c4ccc(-c5cc(-c6nc(-c7ccncc7)nc(-c7ccncc7)n6)c6c(c5)-c5ccccc5C65c6ccccc6-c6c5sc5ccccc65)cc4)nc(-c4ccc5c(c4)-c4c(sc6ccccc46)C54c5ccccc5-c5ccccc54)n3)cc21. The summed E-state index contributed by atoms with van der Waals surface area (Å²) in [6.07, 6.45) is 7.17. The van der Waals surface area contributed by atoms with Crippen LogP contribution in [-0.2, 0) is 16.2 Å². The van der Waals surface area contributed by atoms with E-state index in [-0.39, 0.29) is 5.41 Å². The summed E-state index contributed by atoms with van der Waals surface area (Å²) in [5, 5.41) is 2.52. The summed E-state index contributed by atoms with van der Waals surface area (Å²) in [4.78, 5) is 44.3. The summed E-state index contributed by atoms with van der Waals surface area (Å²) in [5.74, 6) is 3.47. The Labute approximate surface area is 589 Å². The molecule has 11 aromatic carbocycles. The van der Waals surface area contributed by atoms with Crippen LogP contribution in [0.25, 0.3) is 155 Å². The first kappa shape index (κ1) is 56.7. The Morgan fingerprint density at radius 3 is 1.20 bits per heavy atom. The molecule has 2 spiro atoms. The number of rotatable bonds is 7. The molecule has 6 heterocycles. The highest BCUT2D eigenvalue weighted by molar-refractivity contribution is 7.20. The molecule has 6 aromatic heterocycles. The molecule has 22 rings (SSSR count). The van der Waals surface area contributed by atoms with Gasteiger partial charge in [0.1, 0.15) is 0 Å². The number of thiophene rings is 2. The molecule has 101 heavy (non-hydrogen) atoms. The maximum absolute atomic E-state index is 5.56. The van der Waals surface area contributed by atoms with Gasteiger partial charge in [-0.2, -0.15) is 0 Å². The lowest BCUT2D eigenvalue weighted by molar-refractivity contribution is 0.660. The van der Waals surface area contributed by atoms with Crippen LogP contribution < -0.4 is 0 Å². The monoisotopic (exact) mass is 1320 g/mol. The average molecular weight is 1320 g/mol. The Morgan fingerprint density at radius 2 is 0.614 bits per heavy atom. The molecule has 1 unspecified atom stereocenters. The lowest BCUT2D eigenvalue weighted by Crippen LogP contribution is -2.26. The highest BCUT2D eigenvalue weighted by Crippen LogP contribution is 2.69. The van der Waals surface area contributed by atoms with Crippen molar-refractivity contribution >= 4 is 42.8 Å². The van der Waals surface area contributed by atoms with E-state index in [9.17, 15) is 0 Å². The zero-order valence-corrected chi connectivity index (χ0v) is 56.2. The van der Waals surface area contributed by atoms with Crippen LogP contribution in [0.1, 0.15) is 68.1 Å². The second-order valence-electron chi connectivity index (χ2n) is 27.6. The molecule has 0 fully saturated rings. The molecule has 5 aliphatic carbocycles. The Bertz CT molecular complexity index is 6350. The molecule has 10 heteroatoms. The molecule has 5 aliphatic rings. The Hall–Kier alpha value is -12.3. The second kappa shape index (κ2) is 20.9. The lowest BCUT2D eigenvalue weighted by Gasteiger charge is -2.31. The highest BCUT2D eigenvalue weighted by atomic mass is 32.1. The van der Waals surface area contributed by atoms with Crippen molar-refractivity contribution in [1.29, 1.82) is 0 Å². The molecule has 1 atom stereocenters. The van der Waals surface area contributed by atoms with Crippen LogP contribution in [0.15, 0.2) is 292 Å². The third-order valence-electron chi connectivity index (χ3n) is 22.2. The zero-order chi connectivity index (χ0) is 66.5. The molecule has 0 saturated carbocycles. The maximum atomic E-state index is 5.56. The minimum absolute atomic E-state index is 0.235. The number of hydrogen-bond acceptors (Lipinski definition) is 10. The van der Waals surface area contributed by atoms with Crippen LogP contribution in [-0.4, -0.2) is 39.9 Å². The zero-order valence-electron chi connectivity index (χ0n) is 54.6. The van der Waals surface area contributed by atoms with Gasteiger partial charge >= 0.3 is 0 Å². The molecular formula is C91H54N8S2. The van der Waals surface area contributed by atoms with Gasteiger partial charge < -0.3 is 0 Å². The standard InChI is InChI=1S/C91H54N8S2/c1-89(2)69-24-10-3-17-58(69)62-37-35-56(50-75(62)89)87-96-83(95-86(97-87)55-36-38-74-67(47-55)79-65-23-9-16-30-77(65)100-81(79)90(74)70-25-11-4-18-59(70)60-19-5-12-26-71(60)90)52-33-31-51(32-34-52)57-48-66-61-20-6-13-27-72(61)91(73-28-14-7-21-63(73)78-64-22-8-15-29-76(64)101-82(78)91)80(66)68(49-57)88-98-84(53-39-43-92-44-40-53)94-85(99-88)54-41-45-93-46-42-54/h3-50H,1-2H3. The van der Waals surface area contributed by atoms with E-state index in [1.807, 2.05) is 46.9 Å². The third kappa shape index (κ3) is 7.72. The smallest absolute Gasteiger partial charge is 0.164 e. The molecule has 0 radical (unpaired) electrons. The van der Waals surface area contributed by atoms with Gasteiger partial charge in [0.25, 0.3) is 0 Å². The molecular weight excluding hydrogens is 1270 g/mol. The highest BCUT2D eigenvalue weighted by Gasteiger charge is 2.56. The van der Waals surface area contributed by atoms with Gasteiger partial charge in [0, 0.05) is 105 Å². The molecule has 0 amide bonds. The van der Waals surface area contributed by atoms with Crippen LogP contribution in [0.4, 0.5) is 0 Å². The van der Waals surface area contributed by atoms with Crippen LogP contribution in [0, 0.1) is 0 Å². The quantitative estimate of drug-likeness (QED) is 0.155. The first-order chi connectivity index (χ1) is 49.8. The number of aromatic nitrogens is 8. The van der Waals surface area contributed by atoms with Crippen molar-refractivity contribution in [3.05, 3.63) is 346 Å². The number of fused-ring (bicyclic) bond motifs is 27. The summed E-state index contributed by atoms with van der Waals surface area (Å²) in [5.41, 5.74) is 28.4. The predicted molar refractivity (Wildman–Crippen MR) is 408 cm³/mol. The molecule has 0 saturated heterocycles. The van der Waals surface area contributed by atoms with E-state index >= 15 is 0 Å². The van der Waals surface area contributed by atoms with Crippen LogP contribution in [0.2, 0.25) is 0 Å². The van der Waals surface area contributed by atoms with E-state index < -0.39 is 10.8 Å². The Kier molecular flexibility index (Phi) is 11.7. The van der Waals surface area contributed by atoms with Crippen LogP contribution in [0.3, 0.4) is 0 Å². The number of benzene rings is 11. The lowest BCUT2D eigenvalue weighted by atomic mass is 9.72. The van der Waals surface area contributed by atoms with Gasteiger partial charge in [-0.05, 0) is 161 Å². The van der Waals surface area contributed by atoms with Crippen molar-refractivity contribution in [3.63, 3.8) is 0 Å². The molecule has 8 nitrogen and oxygen atoms in total. The van der Waals surface area contributed by atoms with Crippen molar-refractivity contribution in [3.8, 4) is 135 Å². The minimum atomic E-state index is -0.709. The Balaban J connectivity index is 0.748. The van der Waals surface area contributed by atoms with Gasteiger partial charge in [-0.25, -0.2) is 29.9 Å². The van der Waals surface area contributed by atoms with E-state index in [1.165, 1.54) is 119 Å². The fraction of sp³-hybridized carbons (Fsp3) is 0.0549. The maximum Gasteiger partial charge on any atom is 0.164 e. The minimum Gasteiger partial charge on any atom is -0.265 e. The average Bonchev–Trinajstić information content (AvgIpc) is 1.50. The van der Waals surface area contributed by atoms with Crippen LogP contribution >= 0.6 is 22.7 Å². The van der Waals surface area contributed by atoms with E-state index in [4.69, 9.17) is 29.9 Å². The van der Waals surface area contributed by atoms with Gasteiger partial charge in [-0.1, -0.05) is 220 Å². The normalized spacial score (nSPS) is 15.2. The van der Waals surface area contributed by atoms with Gasteiger partial charge in [0.05, 0.1) is 10.8 Å². The first-order valence-electron chi connectivity index (χ1n) is 34.3. The fourth-order valence-corrected chi connectivity index (χ4v) is 20.8. The van der Waals surface area contributed by atoms with Crippen molar-refractivity contribution < 1.29 is 0 Å². The van der Waals surface area contributed by atoms with Crippen molar-refractivity contribution in [2.45, 2.75) is 30.1 Å². The topological polar surface area (TPSA) is 103 Å². The fourth-order valence-electron chi connectivity index (χ4n) is 17.9. The number of pyridine rings is 2. The molecule has 0 N–H and O–H groups in total. The van der Waals surface area contributed by atoms with Crippen LogP contribution in [0.5, 0.6) is 0 Å². The summed E-state index contributed by atoms with van der Waals surface area (Å²) in [7, 11) is 0. The molecule has 17 aromatic rings. The van der Waals surface area contributed by atoms with Gasteiger partial charge in [0.2, 0.25) is 0 Å². The van der Waals surface area contributed by atoms with Crippen molar-refractivity contribution in [2.24, 2.45) is 0 Å². The Morgan fingerprint density at radius 1 is 0.248 bits per heavy atom. The van der Waals surface area contributed by atoms with Gasteiger partial charge in [-0.15, -0.1) is 22.7 Å². The first-order valence-corrected chi connectivity index (χ1v) is 35.9. The summed E-state index contributed by atoms with van der Waals surface area (Å²) in [6, 6.07) is 97.8. The summed E-state index contributed by atoms with van der Waals surface area (Å²) in [6.45, 7) is 4.65. The third-order valence-corrected chi connectivity index (χ3v) is 24.8. The van der Waals surface area contributed by atoms with Crippen molar-refractivity contribution in [2.75, 3.05) is 0 Å². The summed E-state index contributed by atoms with van der Waals surface area (Å²) < 4.78 is 2.53. The van der Waals surface area contributed by atoms with Gasteiger partial charge in [0.15, 0.2) is 34.9 Å². The molecule has 470 valence electrons. The second-order valence-corrected chi connectivity index (χ2v) is 29.7. The number of hydrogen-bond donors (Lipinski definition) is 0. The van der Waals surface area contributed by atoms with E-state index in [0.717, 1.165) is 55.6 Å².